The van der Waals surface area contributed by atoms with Crippen molar-refractivity contribution in [3.63, 3.8) is 0 Å². The van der Waals surface area contributed by atoms with Gasteiger partial charge in [0.05, 0.1) is 5.51 Å². The number of benzene rings is 1. The molecular weight excluding hydrogens is 248 g/mol. The summed E-state index contributed by atoms with van der Waals surface area (Å²) in [6.45, 7) is 1.21. The highest BCUT2D eigenvalue weighted by atomic mass is 32.1. The van der Waals surface area contributed by atoms with Gasteiger partial charge >= 0.3 is 0 Å². The lowest BCUT2D eigenvalue weighted by molar-refractivity contribution is 0.171. The second-order valence-corrected chi connectivity index (χ2v) is 5.15. The first-order valence-electron chi connectivity index (χ1n) is 5.85. The minimum atomic E-state index is -0.0405. The van der Waals surface area contributed by atoms with Crippen LogP contribution in [-0.2, 0) is 6.42 Å². The molecule has 1 aliphatic rings. The largest absolute Gasteiger partial charge is 0.486 e. The van der Waals surface area contributed by atoms with Gasteiger partial charge in [-0.05, 0) is 17.7 Å². The van der Waals surface area contributed by atoms with Gasteiger partial charge in [-0.2, -0.15) is 0 Å². The molecule has 1 aliphatic heterocycles. The molecule has 2 aromatic rings. The van der Waals surface area contributed by atoms with Crippen LogP contribution in [0.2, 0.25) is 0 Å². The van der Waals surface area contributed by atoms with Crippen molar-refractivity contribution in [2.24, 2.45) is 5.73 Å². The number of rotatable bonds is 3. The van der Waals surface area contributed by atoms with Gasteiger partial charge in [0.15, 0.2) is 11.5 Å². The molecule has 0 spiro atoms. The number of aromatic nitrogens is 1. The molecule has 0 radical (unpaired) electrons. The van der Waals surface area contributed by atoms with E-state index in [-0.39, 0.29) is 6.04 Å². The maximum Gasteiger partial charge on any atom is 0.161 e. The highest BCUT2D eigenvalue weighted by Crippen LogP contribution is 2.32. The van der Waals surface area contributed by atoms with Crippen LogP contribution in [0.3, 0.4) is 0 Å². The number of hydrogen-bond acceptors (Lipinski definition) is 5. The van der Waals surface area contributed by atoms with E-state index < -0.39 is 0 Å². The Kier molecular flexibility index (Phi) is 3.17. The number of nitrogens with zero attached hydrogens (tertiary/aromatic N) is 1. The van der Waals surface area contributed by atoms with Gasteiger partial charge in [-0.3, -0.25) is 4.98 Å². The Balaban J connectivity index is 1.79. The molecule has 1 aromatic heterocycles. The van der Waals surface area contributed by atoms with Crippen molar-refractivity contribution < 1.29 is 9.47 Å². The summed E-state index contributed by atoms with van der Waals surface area (Å²) in [6, 6.07) is 5.86. The Morgan fingerprint density at radius 1 is 1.28 bits per heavy atom. The van der Waals surface area contributed by atoms with Crippen molar-refractivity contribution in [3.05, 3.63) is 40.3 Å². The molecule has 94 valence electrons. The zero-order chi connectivity index (χ0) is 12.4. The first-order valence-corrected chi connectivity index (χ1v) is 6.73. The van der Waals surface area contributed by atoms with Crippen molar-refractivity contribution in [2.45, 2.75) is 12.5 Å². The van der Waals surface area contributed by atoms with Gasteiger partial charge in [0.25, 0.3) is 0 Å². The van der Waals surface area contributed by atoms with Crippen molar-refractivity contribution in [1.82, 2.24) is 4.98 Å². The summed E-state index contributed by atoms with van der Waals surface area (Å²) >= 11 is 1.63. The summed E-state index contributed by atoms with van der Waals surface area (Å²) < 4.78 is 11.0. The van der Waals surface area contributed by atoms with E-state index in [1.165, 1.54) is 4.88 Å². The van der Waals surface area contributed by atoms with Crippen molar-refractivity contribution >= 4 is 11.3 Å². The number of hydrogen-bond donors (Lipinski definition) is 1. The monoisotopic (exact) mass is 262 g/mol. The van der Waals surface area contributed by atoms with E-state index in [1.54, 1.807) is 11.3 Å². The molecule has 18 heavy (non-hydrogen) atoms. The minimum Gasteiger partial charge on any atom is -0.486 e. The van der Waals surface area contributed by atoms with E-state index in [2.05, 4.69) is 4.98 Å². The predicted molar refractivity (Wildman–Crippen MR) is 70.2 cm³/mol. The molecular formula is C13H14N2O2S. The van der Waals surface area contributed by atoms with Gasteiger partial charge in [0, 0.05) is 23.5 Å². The SMILES string of the molecule is NC(Cc1cncs1)c1ccc2c(c1)OCCO2. The lowest BCUT2D eigenvalue weighted by atomic mass is 10.0. The molecule has 1 aromatic carbocycles. The Morgan fingerprint density at radius 3 is 2.89 bits per heavy atom. The first kappa shape index (κ1) is 11.5. The Labute approximate surface area is 109 Å². The maximum atomic E-state index is 6.20. The van der Waals surface area contributed by atoms with Gasteiger partial charge in [-0.25, -0.2) is 0 Å². The lowest BCUT2D eigenvalue weighted by Crippen LogP contribution is -2.17. The van der Waals surface area contributed by atoms with E-state index in [1.807, 2.05) is 29.9 Å². The summed E-state index contributed by atoms with van der Waals surface area (Å²) in [5.41, 5.74) is 9.09. The van der Waals surface area contributed by atoms with Crippen LogP contribution in [0, 0.1) is 0 Å². The van der Waals surface area contributed by atoms with Crippen LogP contribution >= 0.6 is 11.3 Å². The number of ether oxygens (including phenoxy) is 2. The summed E-state index contributed by atoms with van der Waals surface area (Å²) in [4.78, 5) is 5.25. The highest BCUT2D eigenvalue weighted by Gasteiger charge is 2.15. The van der Waals surface area contributed by atoms with Crippen LogP contribution in [0.4, 0.5) is 0 Å². The van der Waals surface area contributed by atoms with Crippen molar-refractivity contribution in [1.29, 1.82) is 0 Å². The molecule has 2 heterocycles. The molecule has 2 N–H and O–H groups in total. The van der Waals surface area contributed by atoms with Gasteiger partial charge < -0.3 is 15.2 Å². The van der Waals surface area contributed by atoms with Gasteiger partial charge in [-0.15, -0.1) is 11.3 Å². The third-order valence-corrected chi connectivity index (χ3v) is 3.70. The standard InChI is InChI=1S/C13H14N2O2S/c14-11(6-10-7-15-8-18-10)9-1-2-12-13(5-9)17-4-3-16-12/h1-2,5,7-8,11H,3-4,6,14H2. The topological polar surface area (TPSA) is 57.4 Å². The normalized spacial score (nSPS) is 15.4. The van der Waals surface area contributed by atoms with Gasteiger partial charge in [-0.1, -0.05) is 6.07 Å². The first-order chi connectivity index (χ1) is 8.83. The molecule has 4 nitrogen and oxygen atoms in total. The quantitative estimate of drug-likeness (QED) is 0.921. The van der Waals surface area contributed by atoms with Gasteiger partial charge in [0.2, 0.25) is 0 Å². The smallest absolute Gasteiger partial charge is 0.161 e. The molecule has 0 fully saturated rings. The molecule has 0 bridgehead atoms. The molecule has 1 unspecified atom stereocenters. The molecule has 3 rings (SSSR count). The Bertz CT molecular complexity index is 528. The van der Waals surface area contributed by atoms with Crippen molar-refractivity contribution in [3.8, 4) is 11.5 Å². The van der Waals surface area contributed by atoms with Crippen LogP contribution in [0.1, 0.15) is 16.5 Å². The molecule has 0 amide bonds. The number of nitrogens with two attached hydrogens (primary N) is 1. The summed E-state index contributed by atoms with van der Waals surface area (Å²) in [6.07, 6.45) is 2.66. The van der Waals surface area contributed by atoms with Crippen LogP contribution < -0.4 is 15.2 Å². The Hall–Kier alpha value is -1.59. The van der Waals surface area contributed by atoms with Gasteiger partial charge in [0.1, 0.15) is 13.2 Å². The summed E-state index contributed by atoms with van der Waals surface area (Å²) in [7, 11) is 0. The predicted octanol–water partition coefficient (Wildman–Crippen LogP) is 2.16. The molecule has 0 aliphatic carbocycles. The van der Waals surface area contributed by atoms with E-state index in [4.69, 9.17) is 15.2 Å². The van der Waals surface area contributed by atoms with E-state index >= 15 is 0 Å². The van der Waals surface area contributed by atoms with Crippen LogP contribution in [0.15, 0.2) is 29.9 Å². The molecule has 0 saturated heterocycles. The van der Waals surface area contributed by atoms with E-state index in [0.717, 1.165) is 23.5 Å². The number of thiazole rings is 1. The van der Waals surface area contributed by atoms with Crippen LogP contribution in [0.5, 0.6) is 11.5 Å². The molecule has 1 atom stereocenters. The summed E-state index contributed by atoms with van der Waals surface area (Å²) in [5, 5.41) is 0. The fraction of sp³-hybridized carbons (Fsp3) is 0.308. The zero-order valence-electron chi connectivity index (χ0n) is 9.83. The molecule has 0 saturated carbocycles. The van der Waals surface area contributed by atoms with Crippen molar-refractivity contribution in [2.75, 3.05) is 13.2 Å². The maximum absolute atomic E-state index is 6.20. The second-order valence-electron chi connectivity index (χ2n) is 4.18. The fourth-order valence-corrected chi connectivity index (χ4v) is 2.62. The highest BCUT2D eigenvalue weighted by molar-refractivity contribution is 7.09. The zero-order valence-corrected chi connectivity index (χ0v) is 10.7. The lowest BCUT2D eigenvalue weighted by Gasteiger charge is -2.20. The Morgan fingerprint density at radius 2 is 2.11 bits per heavy atom. The molecule has 5 heteroatoms. The fourth-order valence-electron chi connectivity index (χ4n) is 1.97. The third-order valence-electron chi connectivity index (χ3n) is 2.90. The minimum absolute atomic E-state index is 0.0405. The average molecular weight is 262 g/mol. The van der Waals surface area contributed by atoms with Crippen LogP contribution in [-0.4, -0.2) is 18.2 Å². The third kappa shape index (κ3) is 2.32. The van der Waals surface area contributed by atoms with E-state index in [0.29, 0.717) is 13.2 Å². The summed E-state index contributed by atoms with van der Waals surface area (Å²) in [5.74, 6) is 1.59. The average Bonchev–Trinajstić information content (AvgIpc) is 2.91. The van der Waals surface area contributed by atoms with E-state index in [9.17, 15) is 0 Å². The van der Waals surface area contributed by atoms with Crippen LogP contribution in [0.25, 0.3) is 0 Å². The number of fused-ring (bicyclic) bond motifs is 1. The second kappa shape index (κ2) is 4.96.